The lowest BCUT2D eigenvalue weighted by Gasteiger charge is -2.19. The standard InChI is InChI=1S/C29H24O2/c1-19-22(28-24-11-6-4-9-20(24)15-17-26(28)30-2)13-8-14-23(19)29-25-12-7-5-10-21(25)16-18-27(29)31-3/h4-18H,1-3H3. The lowest BCUT2D eigenvalue weighted by atomic mass is 9.88. The highest BCUT2D eigenvalue weighted by atomic mass is 16.5. The molecular formula is C29H24O2. The Hall–Kier alpha value is -3.78. The molecule has 0 atom stereocenters. The summed E-state index contributed by atoms with van der Waals surface area (Å²) in [5.41, 5.74) is 5.78. The molecule has 0 amide bonds. The molecule has 0 bridgehead atoms. The summed E-state index contributed by atoms with van der Waals surface area (Å²) in [6, 6.07) is 31.8. The monoisotopic (exact) mass is 404 g/mol. The van der Waals surface area contributed by atoms with E-state index in [9.17, 15) is 0 Å². The van der Waals surface area contributed by atoms with E-state index < -0.39 is 0 Å². The van der Waals surface area contributed by atoms with Crippen molar-refractivity contribution in [1.29, 1.82) is 0 Å². The fraction of sp³-hybridized carbons (Fsp3) is 0.103. The molecule has 0 radical (unpaired) electrons. The van der Waals surface area contributed by atoms with Gasteiger partial charge >= 0.3 is 0 Å². The summed E-state index contributed by atoms with van der Waals surface area (Å²) in [6.07, 6.45) is 0. The second kappa shape index (κ2) is 7.81. The van der Waals surface area contributed by atoms with Gasteiger partial charge in [-0.05, 0) is 57.3 Å². The Morgan fingerprint density at radius 1 is 0.484 bits per heavy atom. The van der Waals surface area contributed by atoms with Crippen LogP contribution in [0.3, 0.4) is 0 Å². The van der Waals surface area contributed by atoms with Gasteiger partial charge in [-0.25, -0.2) is 0 Å². The van der Waals surface area contributed by atoms with Gasteiger partial charge in [-0.15, -0.1) is 0 Å². The first kappa shape index (κ1) is 19.2. The van der Waals surface area contributed by atoms with E-state index in [1.54, 1.807) is 14.2 Å². The number of hydrogen-bond acceptors (Lipinski definition) is 2. The van der Waals surface area contributed by atoms with Gasteiger partial charge in [0.05, 0.1) is 14.2 Å². The van der Waals surface area contributed by atoms with Crippen LogP contribution in [0.15, 0.2) is 91.0 Å². The van der Waals surface area contributed by atoms with Crippen molar-refractivity contribution in [3.8, 4) is 33.8 Å². The molecule has 0 aliphatic rings. The summed E-state index contributed by atoms with van der Waals surface area (Å²) in [5, 5.41) is 4.77. The maximum absolute atomic E-state index is 5.80. The molecule has 0 aliphatic heterocycles. The van der Waals surface area contributed by atoms with E-state index in [0.717, 1.165) is 22.6 Å². The van der Waals surface area contributed by atoms with Gasteiger partial charge < -0.3 is 9.47 Å². The quantitative estimate of drug-likeness (QED) is 0.306. The van der Waals surface area contributed by atoms with Crippen molar-refractivity contribution in [3.63, 3.8) is 0 Å². The number of rotatable bonds is 4. The normalized spacial score (nSPS) is 11.1. The second-order valence-corrected chi connectivity index (χ2v) is 7.71. The summed E-state index contributed by atoms with van der Waals surface area (Å²) >= 11 is 0. The molecule has 0 unspecified atom stereocenters. The first-order chi connectivity index (χ1) is 15.2. The third kappa shape index (κ3) is 3.12. The molecule has 0 saturated carbocycles. The predicted octanol–water partition coefficient (Wildman–Crippen LogP) is 7.65. The van der Waals surface area contributed by atoms with E-state index in [-0.39, 0.29) is 0 Å². The van der Waals surface area contributed by atoms with Crippen molar-refractivity contribution in [2.75, 3.05) is 14.2 Å². The number of methoxy groups -OCH3 is 2. The van der Waals surface area contributed by atoms with Crippen molar-refractivity contribution in [3.05, 3.63) is 96.6 Å². The van der Waals surface area contributed by atoms with Gasteiger partial charge in [0, 0.05) is 11.1 Å². The number of benzene rings is 5. The molecule has 2 nitrogen and oxygen atoms in total. The van der Waals surface area contributed by atoms with Crippen LogP contribution < -0.4 is 9.47 Å². The molecule has 152 valence electrons. The number of ether oxygens (including phenoxy) is 2. The summed E-state index contributed by atoms with van der Waals surface area (Å²) in [6.45, 7) is 2.19. The molecule has 0 N–H and O–H groups in total. The first-order valence-corrected chi connectivity index (χ1v) is 10.4. The number of fused-ring (bicyclic) bond motifs is 2. The highest BCUT2D eigenvalue weighted by Crippen LogP contribution is 2.44. The fourth-order valence-corrected chi connectivity index (χ4v) is 4.58. The van der Waals surface area contributed by atoms with Gasteiger partial charge in [0.25, 0.3) is 0 Å². The average Bonchev–Trinajstić information content (AvgIpc) is 2.83. The summed E-state index contributed by atoms with van der Waals surface area (Å²) in [4.78, 5) is 0. The van der Waals surface area contributed by atoms with E-state index in [4.69, 9.17) is 9.47 Å². The lowest BCUT2D eigenvalue weighted by molar-refractivity contribution is 0.417. The molecule has 0 heterocycles. The zero-order valence-electron chi connectivity index (χ0n) is 18.0. The molecule has 31 heavy (non-hydrogen) atoms. The first-order valence-electron chi connectivity index (χ1n) is 10.4. The van der Waals surface area contributed by atoms with Crippen LogP contribution in [0.2, 0.25) is 0 Å². The maximum Gasteiger partial charge on any atom is 0.127 e. The Kier molecular flexibility index (Phi) is 4.83. The van der Waals surface area contributed by atoms with Crippen LogP contribution in [0, 0.1) is 6.92 Å². The SMILES string of the molecule is COc1ccc2ccccc2c1-c1cccc(-c2c(OC)ccc3ccccc23)c1C. The molecular weight excluding hydrogens is 380 g/mol. The van der Waals surface area contributed by atoms with Crippen LogP contribution >= 0.6 is 0 Å². The average molecular weight is 405 g/mol. The second-order valence-electron chi connectivity index (χ2n) is 7.71. The number of hydrogen-bond donors (Lipinski definition) is 0. The lowest BCUT2D eigenvalue weighted by Crippen LogP contribution is -1.96. The van der Waals surface area contributed by atoms with Crippen molar-refractivity contribution < 1.29 is 9.47 Å². The minimum atomic E-state index is 0.879. The molecule has 0 spiro atoms. The van der Waals surface area contributed by atoms with Crippen molar-refractivity contribution in [2.45, 2.75) is 6.92 Å². The van der Waals surface area contributed by atoms with Crippen LogP contribution in [0.1, 0.15) is 5.56 Å². The van der Waals surface area contributed by atoms with Gasteiger partial charge in [0.2, 0.25) is 0 Å². The minimum absolute atomic E-state index is 0.879. The van der Waals surface area contributed by atoms with Crippen LogP contribution in [0.4, 0.5) is 0 Å². The Morgan fingerprint density at radius 3 is 1.39 bits per heavy atom. The van der Waals surface area contributed by atoms with Crippen molar-refractivity contribution in [1.82, 2.24) is 0 Å². The molecule has 0 aliphatic carbocycles. The highest BCUT2D eigenvalue weighted by Gasteiger charge is 2.18. The molecule has 0 saturated heterocycles. The molecule has 5 rings (SSSR count). The smallest absolute Gasteiger partial charge is 0.127 e. The van der Waals surface area contributed by atoms with Gasteiger partial charge in [0.1, 0.15) is 11.5 Å². The van der Waals surface area contributed by atoms with Crippen LogP contribution in [0.5, 0.6) is 11.5 Å². The summed E-state index contributed by atoms with van der Waals surface area (Å²) < 4.78 is 11.6. The Morgan fingerprint density at radius 2 is 0.935 bits per heavy atom. The van der Waals surface area contributed by atoms with Crippen LogP contribution in [-0.2, 0) is 0 Å². The van der Waals surface area contributed by atoms with Crippen LogP contribution in [-0.4, -0.2) is 14.2 Å². The molecule has 0 fully saturated rings. The van der Waals surface area contributed by atoms with E-state index in [0.29, 0.717) is 0 Å². The topological polar surface area (TPSA) is 18.5 Å². The summed E-state index contributed by atoms with van der Waals surface area (Å²) in [5.74, 6) is 1.76. The van der Waals surface area contributed by atoms with E-state index in [1.165, 1.54) is 38.2 Å². The van der Waals surface area contributed by atoms with Gasteiger partial charge in [-0.3, -0.25) is 0 Å². The van der Waals surface area contributed by atoms with E-state index in [2.05, 4.69) is 97.9 Å². The third-order valence-corrected chi connectivity index (χ3v) is 6.09. The Bertz CT molecular complexity index is 1310. The highest BCUT2D eigenvalue weighted by molar-refractivity contribution is 6.04. The molecule has 2 heteroatoms. The maximum atomic E-state index is 5.80. The Balaban J connectivity index is 1.84. The zero-order chi connectivity index (χ0) is 21.4. The zero-order valence-corrected chi connectivity index (χ0v) is 18.0. The van der Waals surface area contributed by atoms with Gasteiger partial charge in [0.15, 0.2) is 0 Å². The minimum Gasteiger partial charge on any atom is -0.496 e. The van der Waals surface area contributed by atoms with Crippen molar-refractivity contribution >= 4 is 21.5 Å². The Labute approximate surface area is 182 Å². The largest absolute Gasteiger partial charge is 0.496 e. The molecule has 5 aromatic rings. The van der Waals surface area contributed by atoms with E-state index in [1.807, 2.05) is 0 Å². The fourth-order valence-electron chi connectivity index (χ4n) is 4.58. The molecule has 0 aromatic heterocycles. The third-order valence-electron chi connectivity index (χ3n) is 6.09. The van der Waals surface area contributed by atoms with Gasteiger partial charge in [-0.2, -0.15) is 0 Å². The van der Waals surface area contributed by atoms with E-state index >= 15 is 0 Å². The predicted molar refractivity (Wildman–Crippen MR) is 130 cm³/mol. The van der Waals surface area contributed by atoms with Gasteiger partial charge in [-0.1, -0.05) is 78.9 Å². The summed E-state index contributed by atoms with van der Waals surface area (Å²) in [7, 11) is 3.47. The van der Waals surface area contributed by atoms with Crippen molar-refractivity contribution in [2.24, 2.45) is 0 Å². The molecule has 5 aromatic carbocycles. The van der Waals surface area contributed by atoms with Crippen LogP contribution in [0.25, 0.3) is 43.8 Å².